The molecule has 0 aliphatic carbocycles. The molecule has 1 amide bonds. The lowest BCUT2D eigenvalue weighted by molar-refractivity contribution is 0.0528. The third-order valence-corrected chi connectivity index (χ3v) is 8.66. The number of hydrogen-bond donors (Lipinski definition) is 0. The van der Waals surface area contributed by atoms with Crippen molar-refractivity contribution < 1.29 is 27.2 Å². The Hall–Kier alpha value is -4.40. The maximum atomic E-state index is 14.2. The lowest BCUT2D eigenvalue weighted by Gasteiger charge is -2.24. The number of carbonyl (C=O) groups excluding carboxylic acids is 2. The average molecular weight is 588 g/mol. The van der Waals surface area contributed by atoms with E-state index in [4.69, 9.17) is 20.8 Å². The first kappa shape index (κ1) is 28.1. The minimum absolute atomic E-state index is 0.0114. The fourth-order valence-corrected chi connectivity index (χ4v) is 6.42. The first-order valence-electron chi connectivity index (χ1n) is 12.8. The van der Waals surface area contributed by atoms with Gasteiger partial charge in [-0.2, -0.15) is 4.31 Å². The average Bonchev–Trinajstić information content (AvgIpc) is 3.34. The monoisotopic (exact) mass is 587 g/mol. The molecule has 0 saturated carbocycles. The van der Waals surface area contributed by atoms with Gasteiger partial charge in [0.15, 0.2) is 0 Å². The van der Waals surface area contributed by atoms with Gasteiger partial charge in [0.2, 0.25) is 0 Å². The number of sulfonamides is 1. The zero-order chi connectivity index (χ0) is 29.3. The minimum atomic E-state index is -4.42. The predicted octanol–water partition coefficient (Wildman–Crippen LogP) is 7.58. The summed E-state index contributed by atoms with van der Waals surface area (Å²) in [5.41, 5.74) is 2.46. The highest BCUT2D eigenvalue weighted by atomic mass is 35.5. The molecule has 0 saturated heterocycles. The van der Waals surface area contributed by atoms with E-state index in [0.29, 0.717) is 27.1 Å². The molecular formula is C32H26ClNO6S. The quantitative estimate of drug-likeness (QED) is 0.182. The minimum Gasteiger partial charge on any atom is -0.462 e. The van der Waals surface area contributed by atoms with Gasteiger partial charge in [-0.05, 0) is 80.4 Å². The van der Waals surface area contributed by atoms with Crippen molar-refractivity contribution in [1.82, 2.24) is 0 Å². The second-order valence-electron chi connectivity index (χ2n) is 9.42. The first-order chi connectivity index (χ1) is 19.6. The normalized spacial score (nSPS) is 11.4. The number of nitrogens with zero attached hydrogens (tertiary/aromatic N) is 1. The first-order valence-corrected chi connectivity index (χ1v) is 14.6. The number of ether oxygens (including phenoxy) is 1. The largest absolute Gasteiger partial charge is 0.462 e. The van der Waals surface area contributed by atoms with Gasteiger partial charge < -0.3 is 9.15 Å². The van der Waals surface area contributed by atoms with Crippen LogP contribution in [0.3, 0.4) is 0 Å². The number of fused-ring (bicyclic) bond motifs is 1. The van der Waals surface area contributed by atoms with Crippen molar-refractivity contribution in [3.8, 4) is 11.3 Å². The highest BCUT2D eigenvalue weighted by molar-refractivity contribution is 7.93. The summed E-state index contributed by atoms with van der Waals surface area (Å²) < 4.78 is 40.6. The van der Waals surface area contributed by atoms with E-state index in [9.17, 15) is 18.0 Å². The molecule has 0 N–H and O–H groups in total. The van der Waals surface area contributed by atoms with Crippen molar-refractivity contribution in [1.29, 1.82) is 0 Å². The van der Waals surface area contributed by atoms with Crippen molar-refractivity contribution in [2.45, 2.75) is 25.7 Å². The fourth-order valence-electron chi connectivity index (χ4n) is 4.57. The van der Waals surface area contributed by atoms with Crippen molar-refractivity contribution in [2.24, 2.45) is 0 Å². The van der Waals surface area contributed by atoms with E-state index < -0.39 is 21.9 Å². The van der Waals surface area contributed by atoms with Gasteiger partial charge >= 0.3 is 5.97 Å². The van der Waals surface area contributed by atoms with Crippen molar-refractivity contribution in [3.63, 3.8) is 0 Å². The molecule has 0 atom stereocenters. The molecule has 7 nitrogen and oxygen atoms in total. The Morgan fingerprint density at radius 3 is 2.29 bits per heavy atom. The molecule has 4 aromatic carbocycles. The van der Waals surface area contributed by atoms with Crippen molar-refractivity contribution in [2.75, 3.05) is 10.9 Å². The third-order valence-electron chi connectivity index (χ3n) is 6.56. The van der Waals surface area contributed by atoms with Crippen LogP contribution in [0.2, 0.25) is 5.02 Å². The van der Waals surface area contributed by atoms with Crippen LogP contribution < -0.4 is 4.31 Å². The number of rotatable bonds is 7. The van der Waals surface area contributed by atoms with Crippen LogP contribution in [-0.4, -0.2) is 26.9 Å². The van der Waals surface area contributed by atoms with Gasteiger partial charge in [0.05, 0.1) is 17.2 Å². The number of furan rings is 1. The highest BCUT2D eigenvalue weighted by Crippen LogP contribution is 2.38. The Kier molecular flexibility index (Phi) is 7.71. The molecule has 5 aromatic rings. The van der Waals surface area contributed by atoms with Gasteiger partial charge in [-0.3, -0.25) is 4.79 Å². The van der Waals surface area contributed by atoms with Gasteiger partial charge in [0.1, 0.15) is 16.9 Å². The zero-order valence-electron chi connectivity index (χ0n) is 22.6. The number of benzene rings is 4. The summed E-state index contributed by atoms with van der Waals surface area (Å²) in [4.78, 5) is 27.1. The Morgan fingerprint density at radius 2 is 1.61 bits per heavy atom. The molecule has 9 heteroatoms. The summed E-state index contributed by atoms with van der Waals surface area (Å²) in [6, 6.07) is 24.5. The topological polar surface area (TPSA) is 93.9 Å². The fraction of sp³-hybridized carbons (Fsp3) is 0.125. The van der Waals surface area contributed by atoms with E-state index in [2.05, 4.69) is 0 Å². The molecular weight excluding hydrogens is 562 g/mol. The van der Waals surface area contributed by atoms with Crippen molar-refractivity contribution >= 4 is 50.2 Å². The lowest BCUT2D eigenvalue weighted by Crippen LogP contribution is -2.37. The van der Waals surface area contributed by atoms with Gasteiger partial charge in [-0.15, -0.1) is 0 Å². The predicted molar refractivity (Wildman–Crippen MR) is 159 cm³/mol. The van der Waals surface area contributed by atoms with E-state index in [0.717, 1.165) is 9.87 Å². The molecule has 41 heavy (non-hydrogen) atoms. The number of carbonyl (C=O) groups is 2. The maximum absolute atomic E-state index is 14.2. The summed E-state index contributed by atoms with van der Waals surface area (Å²) in [7, 11) is -4.42. The molecule has 0 aliphatic rings. The Morgan fingerprint density at radius 1 is 0.902 bits per heavy atom. The number of aryl methyl sites for hydroxylation is 2. The van der Waals surface area contributed by atoms with Gasteiger partial charge in [0, 0.05) is 21.5 Å². The van der Waals surface area contributed by atoms with Crippen LogP contribution in [-0.2, 0) is 14.8 Å². The van der Waals surface area contributed by atoms with Crippen molar-refractivity contribution in [3.05, 3.63) is 118 Å². The summed E-state index contributed by atoms with van der Waals surface area (Å²) in [5, 5.41) is 0.711. The second kappa shape index (κ2) is 11.2. The van der Waals surface area contributed by atoms with Gasteiger partial charge in [-0.25, -0.2) is 13.2 Å². The third kappa shape index (κ3) is 5.36. The molecule has 5 rings (SSSR count). The van der Waals surface area contributed by atoms with Crippen LogP contribution in [0.15, 0.2) is 100 Å². The smallest absolute Gasteiger partial charge is 0.342 e. The standard InChI is InChI=1S/C32H26ClNO6S/c1-4-39-32(36)29-26-19-25(16-17-27(26)40-30(29)22-8-6-5-7-9-22)34(31(35)23-12-14-24(33)15-13-23)41(37,38)28-18-20(2)10-11-21(28)3/h5-19H,4H2,1-3H3. The van der Waals surface area contributed by atoms with Crippen LogP contribution in [0.25, 0.3) is 22.3 Å². The SMILES string of the molecule is CCOC(=O)c1c(-c2ccccc2)oc2ccc(N(C(=O)c3ccc(Cl)cc3)S(=O)(=O)c3cc(C)ccc3C)cc12. The molecule has 0 bridgehead atoms. The molecule has 1 heterocycles. The molecule has 0 aliphatic heterocycles. The number of esters is 1. The zero-order valence-corrected chi connectivity index (χ0v) is 24.1. The Balaban J connectivity index is 1.77. The molecule has 0 spiro atoms. The van der Waals surface area contributed by atoms with E-state index in [1.54, 1.807) is 51.1 Å². The molecule has 1 aromatic heterocycles. The van der Waals surface area contributed by atoms with Crippen LogP contribution in [0, 0.1) is 13.8 Å². The van der Waals surface area contributed by atoms with Gasteiger partial charge in [-0.1, -0.05) is 54.1 Å². The molecule has 208 valence electrons. The highest BCUT2D eigenvalue weighted by Gasteiger charge is 2.34. The van der Waals surface area contributed by atoms with Crippen LogP contribution >= 0.6 is 11.6 Å². The molecule has 0 fully saturated rings. The summed E-state index contributed by atoms with van der Waals surface area (Å²) in [6.07, 6.45) is 0. The van der Waals surface area contributed by atoms with E-state index in [1.807, 2.05) is 18.2 Å². The molecule has 0 radical (unpaired) electrons. The Labute approximate surface area is 243 Å². The summed E-state index contributed by atoms with van der Waals surface area (Å²) in [6.45, 7) is 5.26. The van der Waals surface area contributed by atoms with Crippen LogP contribution in [0.4, 0.5) is 5.69 Å². The second-order valence-corrected chi connectivity index (χ2v) is 11.6. The Bertz CT molecular complexity index is 1880. The van der Waals surface area contributed by atoms with Crippen LogP contribution in [0.1, 0.15) is 38.8 Å². The number of hydrogen-bond acceptors (Lipinski definition) is 6. The van der Waals surface area contributed by atoms with E-state index in [-0.39, 0.29) is 34.1 Å². The van der Waals surface area contributed by atoms with Crippen LogP contribution in [0.5, 0.6) is 0 Å². The molecule has 0 unspecified atom stereocenters. The number of halogens is 1. The maximum Gasteiger partial charge on any atom is 0.342 e. The van der Waals surface area contributed by atoms with Gasteiger partial charge in [0.25, 0.3) is 15.9 Å². The lowest BCUT2D eigenvalue weighted by atomic mass is 10.1. The number of anilines is 1. The summed E-state index contributed by atoms with van der Waals surface area (Å²) in [5.74, 6) is -1.13. The number of amides is 1. The summed E-state index contributed by atoms with van der Waals surface area (Å²) >= 11 is 6.03. The van der Waals surface area contributed by atoms with E-state index >= 15 is 0 Å². The van der Waals surface area contributed by atoms with E-state index in [1.165, 1.54) is 42.5 Å².